The summed E-state index contributed by atoms with van der Waals surface area (Å²) in [4.78, 5) is 29.6. The molecule has 0 radical (unpaired) electrons. The van der Waals surface area contributed by atoms with Crippen molar-refractivity contribution in [1.82, 2.24) is 15.5 Å². The van der Waals surface area contributed by atoms with E-state index in [2.05, 4.69) is 31.6 Å². The van der Waals surface area contributed by atoms with Crippen LogP contribution in [0.15, 0.2) is 33.7 Å². The lowest BCUT2D eigenvalue weighted by Crippen LogP contribution is -2.43. The van der Waals surface area contributed by atoms with E-state index in [0.29, 0.717) is 19.0 Å². The highest BCUT2D eigenvalue weighted by molar-refractivity contribution is 9.10. The van der Waals surface area contributed by atoms with E-state index in [4.69, 9.17) is 4.74 Å². The van der Waals surface area contributed by atoms with Gasteiger partial charge >= 0.3 is 5.97 Å². The number of benzene rings is 1. The number of likely N-dealkylation sites (N-methyl/N-ethyl adjacent to an activating group) is 1. The van der Waals surface area contributed by atoms with Gasteiger partial charge < -0.3 is 20.3 Å². The van der Waals surface area contributed by atoms with Gasteiger partial charge in [-0.3, -0.25) is 9.59 Å². The Bertz CT molecular complexity index is 652. The highest BCUT2D eigenvalue weighted by Crippen LogP contribution is 2.11. The predicted molar refractivity (Wildman–Crippen MR) is 110 cm³/mol. The zero-order chi connectivity index (χ0) is 20.4. The van der Waals surface area contributed by atoms with Crippen molar-refractivity contribution in [2.75, 3.05) is 27.2 Å². The van der Waals surface area contributed by atoms with Gasteiger partial charge in [0, 0.05) is 25.1 Å². The van der Waals surface area contributed by atoms with Crippen molar-refractivity contribution in [2.24, 2.45) is 4.99 Å². The normalized spacial score (nSPS) is 11.7. The van der Waals surface area contributed by atoms with Gasteiger partial charge in [0.2, 0.25) is 5.91 Å². The first-order valence-electron chi connectivity index (χ1n) is 8.75. The molecule has 2 N–H and O–H groups in total. The van der Waals surface area contributed by atoms with E-state index in [-0.39, 0.29) is 24.8 Å². The molecule has 1 rings (SSSR count). The minimum atomic E-state index is -0.508. The zero-order valence-corrected chi connectivity index (χ0v) is 18.2. The molecule has 0 spiro atoms. The maximum absolute atomic E-state index is 11.8. The van der Waals surface area contributed by atoms with Crippen LogP contribution >= 0.6 is 15.9 Å². The third-order valence-corrected chi connectivity index (χ3v) is 3.81. The monoisotopic (exact) mass is 440 g/mol. The number of nitrogens with zero attached hydrogens (tertiary/aromatic N) is 2. The Morgan fingerprint density at radius 2 is 1.78 bits per heavy atom. The van der Waals surface area contributed by atoms with Crippen LogP contribution < -0.4 is 10.6 Å². The minimum absolute atomic E-state index is 0.0692. The van der Waals surface area contributed by atoms with Crippen molar-refractivity contribution < 1.29 is 14.3 Å². The highest BCUT2D eigenvalue weighted by Gasteiger charge is 2.16. The van der Waals surface area contributed by atoms with Crippen molar-refractivity contribution in [3.63, 3.8) is 0 Å². The number of carbonyl (C=O) groups excluding carboxylic acids is 2. The van der Waals surface area contributed by atoms with E-state index < -0.39 is 5.60 Å². The first-order valence-corrected chi connectivity index (χ1v) is 9.55. The summed E-state index contributed by atoms with van der Waals surface area (Å²) >= 11 is 3.40. The molecule has 0 saturated heterocycles. The van der Waals surface area contributed by atoms with Crippen LogP contribution in [-0.2, 0) is 20.9 Å². The average Bonchev–Trinajstić information content (AvgIpc) is 2.56. The minimum Gasteiger partial charge on any atom is -0.460 e. The SMILES string of the molecule is CN(C)C(=O)CNC(=NCc1ccc(Br)cc1)NCCC(=O)OC(C)(C)C. The molecule has 7 nitrogen and oxygen atoms in total. The molecule has 0 unspecified atom stereocenters. The van der Waals surface area contributed by atoms with Gasteiger partial charge in [-0.1, -0.05) is 28.1 Å². The molecule has 0 saturated carbocycles. The molecule has 8 heteroatoms. The van der Waals surface area contributed by atoms with Gasteiger partial charge in [-0.25, -0.2) is 4.99 Å². The van der Waals surface area contributed by atoms with Crippen LogP contribution in [0.2, 0.25) is 0 Å². The average molecular weight is 441 g/mol. The number of guanidine groups is 1. The molecule has 0 aromatic heterocycles. The van der Waals surface area contributed by atoms with Gasteiger partial charge in [0.1, 0.15) is 5.60 Å². The number of carbonyl (C=O) groups is 2. The molecular formula is C19H29BrN4O3. The third kappa shape index (κ3) is 10.6. The van der Waals surface area contributed by atoms with E-state index >= 15 is 0 Å². The molecule has 0 aliphatic carbocycles. The van der Waals surface area contributed by atoms with Gasteiger partial charge in [0.05, 0.1) is 19.5 Å². The molecule has 27 heavy (non-hydrogen) atoms. The number of hydrogen-bond donors (Lipinski definition) is 2. The van der Waals surface area contributed by atoms with Gasteiger partial charge in [-0.15, -0.1) is 0 Å². The van der Waals surface area contributed by atoms with Crippen molar-refractivity contribution in [3.8, 4) is 0 Å². The number of ether oxygens (including phenoxy) is 1. The van der Waals surface area contributed by atoms with Gasteiger partial charge in [-0.05, 0) is 38.5 Å². The lowest BCUT2D eigenvalue weighted by molar-refractivity contribution is -0.154. The lowest BCUT2D eigenvalue weighted by Gasteiger charge is -2.20. The smallest absolute Gasteiger partial charge is 0.308 e. The van der Waals surface area contributed by atoms with E-state index in [1.54, 1.807) is 14.1 Å². The maximum Gasteiger partial charge on any atom is 0.308 e. The summed E-state index contributed by atoms with van der Waals surface area (Å²) in [6.45, 7) is 6.42. The lowest BCUT2D eigenvalue weighted by atomic mass is 10.2. The van der Waals surface area contributed by atoms with Crippen LogP contribution in [0.4, 0.5) is 0 Å². The second-order valence-electron chi connectivity index (χ2n) is 7.20. The summed E-state index contributed by atoms with van der Waals surface area (Å²) in [5.41, 5.74) is 0.525. The number of rotatable bonds is 7. The van der Waals surface area contributed by atoms with Crippen molar-refractivity contribution >= 4 is 33.8 Å². The Morgan fingerprint density at radius 3 is 2.33 bits per heavy atom. The van der Waals surface area contributed by atoms with Gasteiger partial charge in [0.25, 0.3) is 0 Å². The predicted octanol–water partition coefficient (Wildman–Crippen LogP) is 2.30. The summed E-state index contributed by atoms with van der Waals surface area (Å²) in [5, 5.41) is 6.06. The summed E-state index contributed by atoms with van der Waals surface area (Å²) in [6, 6.07) is 7.83. The number of aliphatic imine (C=N–C) groups is 1. The van der Waals surface area contributed by atoms with Crippen LogP contribution in [0.5, 0.6) is 0 Å². The summed E-state index contributed by atoms with van der Waals surface area (Å²) in [7, 11) is 3.39. The summed E-state index contributed by atoms with van der Waals surface area (Å²) in [6.07, 6.45) is 0.206. The largest absolute Gasteiger partial charge is 0.460 e. The molecule has 0 aliphatic rings. The molecule has 0 bridgehead atoms. The fourth-order valence-electron chi connectivity index (χ4n) is 1.93. The summed E-state index contributed by atoms with van der Waals surface area (Å²) < 4.78 is 6.29. The fraction of sp³-hybridized carbons (Fsp3) is 0.526. The summed E-state index contributed by atoms with van der Waals surface area (Å²) in [5.74, 6) is 0.114. The molecule has 1 amide bonds. The van der Waals surface area contributed by atoms with Crippen LogP contribution in [0.3, 0.4) is 0 Å². The molecular weight excluding hydrogens is 412 g/mol. The van der Waals surface area contributed by atoms with Crippen LogP contribution in [-0.4, -0.2) is 55.5 Å². The number of amides is 1. The number of nitrogens with one attached hydrogen (secondary N) is 2. The van der Waals surface area contributed by atoms with Crippen LogP contribution in [0.25, 0.3) is 0 Å². The molecule has 0 atom stereocenters. The van der Waals surface area contributed by atoms with Crippen molar-refractivity contribution in [1.29, 1.82) is 0 Å². The maximum atomic E-state index is 11.8. The molecule has 1 aromatic rings. The second-order valence-corrected chi connectivity index (χ2v) is 8.11. The fourth-order valence-corrected chi connectivity index (χ4v) is 2.19. The Hall–Kier alpha value is -2.09. The van der Waals surface area contributed by atoms with Crippen molar-refractivity contribution in [3.05, 3.63) is 34.3 Å². The second kappa shape index (κ2) is 10.9. The molecule has 0 heterocycles. The zero-order valence-electron chi connectivity index (χ0n) is 16.6. The first-order chi connectivity index (χ1) is 12.6. The standard InChI is InChI=1S/C19H29BrN4O3/c1-19(2,3)27-17(26)10-11-21-18(23-13-16(25)24(4)5)22-12-14-6-8-15(20)9-7-14/h6-9H,10-13H2,1-5H3,(H2,21,22,23). The molecule has 0 fully saturated rings. The number of hydrogen-bond acceptors (Lipinski definition) is 4. The molecule has 0 aliphatic heterocycles. The number of esters is 1. The van der Waals surface area contributed by atoms with E-state index in [1.165, 1.54) is 4.90 Å². The number of halogens is 1. The van der Waals surface area contributed by atoms with Gasteiger partial charge in [0.15, 0.2) is 5.96 Å². The Labute approximate surface area is 169 Å². The van der Waals surface area contributed by atoms with E-state index in [0.717, 1.165) is 10.0 Å². The van der Waals surface area contributed by atoms with Crippen LogP contribution in [0, 0.1) is 0 Å². The third-order valence-electron chi connectivity index (χ3n) is 3.28. The highest BCUT2D eigenvalue weighted by atomic mass is 79.9. The van der Waals surface area contributed by atoms with Crippen molar-refractivity contribution in [2.45, 2.75) is 39.3 Å². The topological polar surface area (TPSA) is 83.0 Å². The Balaban J connectivity index is 2.63. The van der Waals surface area contributed by atoms with Gasteiger partial charge in [-0.2, -0.15) is 0 Å². The van der Waals surface area contributed by atoms with Crippen LogP contribution in [0.1, 0.15) is 32.8 Å². The molecule has 1 aromatic carbocycles. The Kier molecular flexibility index (Phi) is 9.28. The quantitative estimate of drug-likeness (QED) is 0.386. The first kappa shape index (κ1) is 23.0. The van der Waals surface area contributed by atoms with E-state index in [1.807, 2.05) is 45.0 Å². The Morgan fingerprint density at radius 1 is 1.15 bits per heavy atom. The molecule has 150 valence electrons. The van der Waals surface area contributed by atoms with E-state index in [9.17, 15) is 9.59 Å².